The minimum Gasteiger partial charge on any atom is -0.391 e. The predicted octanol–water partition coefficient (Wildman–Crippen LogP) is 3.30. The number of alkyl halides is 3. The summed E-state index contributed by atoms with van der Waals surface area (Å²) in [5, 5.41) is 11.6. The molecular weight excluding hydrogens is 487 g/mol. The van der Waals surface area contributed by atoms with Crippen LogP contribution in [0.15, 0.2) is 42.9 Å². The Hall–Kier alpha value is -3.02. The molecule has 37 heavy (non-hydrogen) atoms. The molecular formula is C26H30F3N5O3. The van der Waals surface area contributed by atoms with Crippen LogP contribution in [-0.4, -0.2) is 75.8 Å². The number of Topliss-reactive ketones (excluding diaryl/α,β-unsaturated/α-hetero) is 1. The standard InChI is InChI=1S/C26H30F3N5O3/c1-17(35)12-32-8-6-19(23(36)14-32)13-33-9-7-21-24(33)30-16-31-25(21)34-10-11-37-15-22(34)18-2-4-20(5-3-18)26(27,28)29/h2-5,7,9,16,19,22-23,36H,6,8,10-15H2,1H3/t19?,22-,23+/m1/s1. The van der Waals surface area contributed by atoms with Gasteiger partial charge in [0.05, 0.1) is 42.9 Å². The van der Waals surface area contributed by atoms with Gasteiger partial charge >= 0.3 is 6.18 Å². The second-order valence-electron chi connectivity index (χ2n) is 9.86. The Morgan fingerprint density at radius 1 is 1.16 bits per heavy atom. The van der Waals surface area contributed by atoms with Gasteiger partial charge in [-0.25, -0.2) is 9.97 Å². The Labute approximate surface area is 212 Å². The van der Waals surface area contributed by atoms with E-state index in [0.29, 0.717) is 45.2 Å². The number of likely N-dealkylation sites (tertiary alicyclic amines) is 1. The van der Waals surface area contributed by atoms with Crippen molar-refractivity contribution in [2.24, 2.45) is 5.92 Å². The lowest BCUT2D eigenvalue weighted by Crippen LogP contribution is -2.46. The van der Waals surface area contributed by atoms with Gasteiger partial charge in [0, 0.05) is 31.7 Å². The highest BCUT2D eigenvalue weighted by Gasteiger charge is 2.33. The number of anilines is 1. The number of ketones is 1. The molecule has 5 rings (SSSR count). The molecule has 3 atom stereocenters. The zero-order valence-corrected chi connectivity index (χ0v) is 20.6. The van der Waals surface area contributed by atoms with Gasteiger partial charge in [-0.05, 0) is 43.7 Å². The molecule has 1 unspecified atom stereocenters. The number of hydrogen-bond acceptors (Lipinski definition) is 7. The number of ether oxygens (including phenoxy) is 1. The van der Waals surface area contributed by atoms with Crippen LogP contribution in [0.3, 0.4) is 0 Å². The normalized spacial score (nSPS) is 23.5. The Kier molecular flexibility index (Phi) is 7.19. The third-order valence-corrected chi connectivity index (χ3v) is 7.24. The molecule has 1 aromatic carbocycles. The summed E-state index contributed by atoms with van der Waals surface area (Å²) in [6.07, 6.45) is -0.730. The Balaban J connectivity index is 1.37. The number of carbonyl (C=O) groups excluding carboxylic acids is 1. The van der Waals surface area contributed by atoms with Gasteiger partial charge in [0.15, 0.2) is 0 Å². The van der Waals surface area contributed by atoms with Crippen LogP contribution in [0.2, 0.25) is 0 Å². The molecule has 2 saturated heterocycles. The van der Waals surface area contributed by atoms with Gasteiger partial charge in [0.2, 0.25) is 0 Å². The number of hydrogen-bond donors (Lipinski definition) is 1. The monoisotopic (exact) mass is 517 g/mol. The van der Waals surface area contributed by atoms with Crippen molar-refractivity contribution in [3.63, 3.8) is 0 Å². The van der Waals surface area contributed by atoms with Gasteiger partial charge in [-0.2, -0.15) is 13.2 Å². The summed E-state index contributed by atoms with van der Waals surface area (Å²) in [7, 11) is 0. The number of carbonyl (C=O) groups is 1. The number of rotatable bonds is 6. The minimum atomic E-state index is -4.39. The molecule has 4 heterocycles. The highest BCUT2D eigenvalue weighted by atomic mass is 19.4. The van der Waals surface area contributed by atoms with Gasteiger partial charge in [0.1, 0.15) is 23.6 Å². The molecule has 0 radical (unpaired) electrons. The summed E-state index contributed by atoms with van der Waals surface area (Å²) in [4.78, 5) is 24.5. The molecule has 1 N–H and O–H groups in total. The third kappa shape index (κ3) is 5.48. The average molecular weight is 518 g/mol. The van der Waals surface area contributed by atoms with Crippen molar-refractivity contribution in [1.82, 2.24) is 19.4 Å². The third-order valence-electron chi connectivity index (χ3n) is 7.24. The highest BCUT2D eigenvalue weighted by molar-refractivity contribution is 5.88. The molecule has 0 aliphatic carbocycles. The molecule has 2 aliphatic heterocycles. The lowest BCUT2D eigenvalue weighted by Gasteiger charge is -2.37. The predicted molar refractivity (Wildman–Crippen MR) is 131 cm³/mol. The molecule has 3 aromatic rings. The number of morpholine rings is 1. The second kappa shape index (κ2) is 10.4. The maximum atomic E-state index is 13.1. The molecule has 11 heteroatoms. The fourth-order valence-electron chi connectivity index (χ4n) is 5.36. The number of aliphatic hydroxyl groups is 1. The van der Waals surface area contributed by atoms with Crippen molar-refractivity contribution >= 4 is 22.6 Å². The number of benzene rings is 1. The first-order valence-corrected chi connectivity index (χ1v) is 12.4. The Bertz CT molecular complexity index is 1250. The number of fused-ring (bicyclic) bond motifs is 1. The number of piperidine rings is 1. The van der Waals surface area contributed by atoms with Crippen LogP contribution >= 0.6 is 0 Å². The molecule has 0 spiro atoms. The van der Waals surface area contributed by atoms with Crippen LogP contribution in [0.1, 0.15) is 30.5 Å². The first-order chi connectivity index (χ1) is 17.7. The summed E-state index contributed by atoms with van der Waals surface area (Å²) in [5.41, 5.74) is 0.774. The van der Waals surface area contributed by atoms with Crippen LogP contribution in [0.25, 0.3) is 11.0 Å². The largest absolute Gasteiger partial charge is 0.416 e. The van der Waals surface area contributed by atoms with E-state index in [4.69, 9.17) is 4.74 Å². The zero-order chi connectivity index (χ0) is 26.2. The number of halogens is 3. The van der Waals surface area contributed by atoms with Gasteiger partial charge in [-0.1, -0.05) is 12.1 Å². The lowest BCUT2D eigenvalue weighted by atomic mass is 9.93. The maximum absolute atomic E-state index is 13.1. The van der Waals surface area contributed by atoms with Crippen LogP contribution in [-0.2, 0) is 22.3 Å². The van der Waals surface area contributed by atoms with Crippen molar-refractivity contribution < 1.29 is 27.8 Å². The maximum Gasteiger partial charge on any atom is 0.416 e. The molecule has 0 amide bonds. The van der Waals surface area contributed by atoms with Crippen molar-refractivity contribution in [2.75, 3.05) is 44.3 Å². The SMILES string of the molecule is CC(=O)CN1CCC(Cn2ccc3c(N4CCOC[C@@H]4c4ccc(C(F)(F)F)cc4)ncnc32)[C@@H](O)C1. The van der Waals surface area contributed by atoms with Crippen molar-refractivity contribution in [3.8, 4) is 0 Å². The van der Waals surface area contributed by atoms with Crippen molar-refractivity contribution in [1.29, 1.82) is 0 Å². The summed E-state index contributed by atoms with van der Waals surface area (Å²) in [5.74, 6) is 0.818. The van der Waals surface area contributed by atoms with E-state index in [0.717, 1.165) is 41.7 Å². The number of nitrogens with zero attached hydrogens (tertiary/aromatic N) is 5. The fraction of sp³-hybridized carbons (Fsp3) is 0.500. The summed E-state index contributed by atoms with van der Waals surface area (Å²) in [6, 6.07) is 6.85. The van der Waals surface area contributed by atoms with Crippen LogP contribution in [0.5, 0.6) is 0 Å². The topological polar surface area (TPSA) is 83.7 Å². The van der Waals surface area contributed by atoms with Gasteiger partial charge < -0.3 is 19.3 Å². The van der Waals surface area contributed by atoms with Crippen LogP contribution in [0, 0.1) is 5.92 Å². The summed E-state index contributed by atoms with van der Waals surface area (Å²) >= 11 is 0. The van der Waals surface area contributed by atoms with Crippen LogP contribution < -0.4 is 4.90 Å². The molecule has 2 fully saturated rings. The summed E-state index contributed by atoms with van der Waals surface area (Å²) < 4.78 is 46.9. The van der Waals surface area contributed by atoms with E-state index in [1.54, 1.807) is 6.92 Å². The van der Waals surface area contributed by atoms with E-state index in [2.05, 4.69) is 14.9 Å². The van der Waals surface area contributed by atoms with Gasteiger partial charge in [-0.15, -0.1) is 0 Å². The molecule has 8 nitrogen and oxygen atoms in total. The lowest BCUT2D eigenvalue weighted by molar-refractivity contribution is -0.137. The van der Waals surface area contributed by atoms with E-state index in [-0.39, 0.29) is 17.7 Å². The Morgan fingerprint density at radius 3 is 2.65 bits per heavy atom. The van der Waals surface area contributed by atoms with E-state index >= 15 is 0 Å². The van der Waals surface area contributed by atoms with Gasteiger partial charge in [0.25, 0.3) is 0 Å². The zero-order valence-electron chi connectivity index (χ0n) is 20.6. The molecule has 0 saturated carbocycles. The second-order valence-corrected chi connectivity index (χ2v) is 9.86. The van der Waals surface area contributed by atoms with E-state index in [9.17, 15) is 23.1 Å². The fourth-order valence-corrected chi connectivity index (χ4v) is 5.36. The number of aromatic nitrogens is 3. The molecule has 2 aliphatic rings. The first-order valence-electron chi connectivity index (χ1n) is 12.4. The molecule has 0 bridgehead atoms. The van der Waals surface area contributed by atoms with Crippen molar-refractivity contribution in [3.05, 3.63) is 54.0 Å². The van der Waals surface area contributed by atoms with Gasteiger partial charge in [-0.3, -0.25) is 9.69 Å². The average Bonchev–Trinajstić information content (AvgIpc) is 3.28. The first kappa shape index (κ1) is 25.6. The number of β-amino-alcohol motifs (C(OH)–C–C–N with tert-alkyl or cyclic N) is 1. The van der Waals surface area contributed by atoms with E-state index < -0.39 is 17.8 Å². The van der Waals surface area contributed by atoms with Crippen molar-refractivity contribution in [2.45, 2.75) is 38.2 Å². The molecule has 2 aromatic heterocycles. The number of aliphatic hydroxyl groups excluding tert-OH is 1. The quantitative estimate of drug-likeness (QED) is 0.537. The van der Waals surface area contributed by atoms with E-state index in [1.165, 1.54) is 18.5 Å². The summed E-state index contributed by atoms with van der Waals surface area (Å²) in [6.45, 7) is 5.06. The smallest absolute Gasteiger partial charge is 0.391 e. The molecule has 198 valence electrons. The Morgan fingerprint density at radius 2 is 1.95 bits per heavy atom. The minimum absolute atomic E-state index is 0.0282. The van der Waals surface area contributed by atoms with E-state index in [1.807, 2.05) is 21.7 Å². The highest BCUT2D eigenvalue weighted by Crippen LogP contribution is 2.35. The van der Waals surface area contributed by atoms with Crippen LogP contribution in [0.4, 0.5) is 19.0 Å².